The third-order valence-corrected chi connectivity index (χ3v) is 7.92. The van der Waals surface area contributed by atoms with Crippen molar-refractivity contribution < 1.29 is 8.98 Å². The Bertz CT molecular complexity index is 751. The minimum absolute atomic E-state index is 0.123. The third kappa shape index (κ3) is 4.66. The van der Waals surface area contributed by atoms with Gasteiger partial charge in [0.1, 0.15) is 0 Å². The van der Waals surface area contributed by atoms with Crippen molar-refractivity contribution >= 4 is 16.3 Å². The fourth-order valence-electron chi connectivity index (χ4n) is 3.27. The Kier molecular flexibility index (Phi) is 7.32. The summed E-state index contributed by atoms with van der Waals surface area (Å²) in [7, 11) is -2.12. The standard InChI is InChI=1S/C25H28O2S/c1-2-3-4-14-21-25(26)27-28(22-15-8-5-9-16-22,23-17-10-6-11-18-23)24-19-12-7-13-20-24/h5-13,15-20H,2-4,14,21H2,1H3. The molecule has 0 spiro atoms. The van der Waals surface area contributed by atoms with Gasteiger partial charge in [-0.15, -0.1) is 0 Å². The van der Waals surface area contributed by atoms with Crippen molar-refractivity contribution in [3.63, 3.8) is 0 Å². The maximum absolute atomic E-state index is 12.9. The molecule has 0 N–H and O–H groups in total. The highest BCUT2D eigenvalue weighted by molar-refractivity contribution is 8.30. The van der Waals surface area contributed by atoms with E-state index < -0.39 is 10.3 Å². The number of hydrogen-bond donors (Lipinski definition) is 0. The van der Waals surface area contributed by atoms with Gasteiger partial charge in [0, 0.05) is 21.1 Å². The summed E-state index contributed by atoms with van der Waals surface area (Å²) in [6.07, 6.45) is 4.71. The number of hydrogen-bond acceptors (Lipinski definition) is 2. The molecular formula is C25H28O2S. The number of carbonyl (C=O) groups is 1. The zero-order chi connectivity index (χ0) is 19.7. The Morgan fingerprint density at radius 3 is 1.50 bits per heavy atom. The number of rotatable bonds is 9. The van der Waals surface area contributed by atoms with Crippen LogP contribution in [-0.4, -0.2) is 5.97 Å². The molecule has 0 saturated heterocycles. The molecule has 0 aromatic heterocycles. The summed E-state index contributed by atoms with van der Waals surface area (Å²) in [6, 6.07) is 30.5. The van der Waals surface area contributed by atoms with E-state index in [0.29, 0.717) is 6.42 Å². The molecular weight excluding hydrogens is 364 g/mol. The fraction of sp³-hybridized carbons (Fsp3) is 0.240. The molecule has 0 amide bonds. The molecule has 0 bridgehead atoms. The van der Waals surface area contributed by atoms with E-state index in [1.165, 1.54) is 0 Å². The molecule has 0 aliphatic heterocycles. The summed E-state index contributed by atoms with van der Waals surface area (Å²) in [5.41, 5.74) is 0. The Morgan fingerprint density at radius 1 is 0.679 bits per heavy atom. The van der Waals surface area contributed by atoms with E-state index >= 15 is 0 Å². The predicted octanol–water partition coefficient (Wildman–Crippen LogP) is 7.40. The van der Waals surface area contributed by atoms with E-state index in [1.807, 2.05) is 54.6 Å². The summed E-state index contributed by atoms with van der Waals surface area (Å²) in [5, 5.41) is 0. The Morgan fingerprint density at radius 2 is 1.11 bits per heavy atom. The summed E-state index contributed by atoms with van der Waals surface area (Å²) in [5.74, 6) is -0.123. The third-order valence-electron chi connectivity index (χ3n) is 4.68. The molecule has 2 nitrogen and oxygen atoms in total. The molecule has 0 fully saturated rings. The average Bonchev–Trinajstić information content (AvgIpc) is 2.77. The van der Waals surface area contributed by atoms with E-state index in [0.717, 1.165) is 40.4 Å². The lowest BCUT2D eigenvalue weighted by molar-refractivity contribution is -0.133. The summed E-state index contributed by atoms with van der Waals surface area (Å²) in [4.78, 5) is 16.0. The van der Waals surface area contributed by atoms with Crippen molar-refractivity contribution in [3.05, 3.63) is 91.0 Å². The molecule has 0 saturated carbocycles. The normalized spacial score (nSPS) is 11.8. The van der Waals surface area contributed by atoms with Gasteiger partial charge in [0.05, 0.1) is 0 Å². The molecule has 0 atom stereocenters. The van der Waals surface area contributed by atoms with E-state index in [1.54, 1.807) is 0 Å². The van der Waals surface area contributed by atoms with Gasteiger partial charge < -0.3 is 4.18 Å². The van der Waals surface area contributed by atoms with Crippen LogP contribution < -0.4 is 0 Å². The first kappa shape index (κ1) is 20.2. The van der Waals surface area contributed by atoms with Crippen LogP contribution in [0, 0.1) is 0 Å². The van der Waals surface area contributed by atoms with Gasteiger partial charge in [-0.25, -0.2) is 0 Å². The quantitative estimate of drug-likeness (QED) is 0.355. The van der Waals surface area contributed by atoms with Gasteiger partial charge in [-0.05, 0) is 53.1 Å². The Balaban J connectivity index is 2.05. The van der Waals surface area contributed by atoms with Crippen LogP contribution in [0.3, 0.4) is 0 Å². The number of unbranched alkanes of at least 4 members (excludes halogenated alkanes) is 3. The van der Waals surface area contributed by atoms with Gasteiger partial charge in [-0.1, -0.05) is 80.8 Å². The lowest BCUT2D eigenvalue weighted by atomic mass is 10.2. The van der Waals surface area contributed by atoms with Crippen LogP contribution in [0.5, 0.6) is 0 Å². The number of carbonyl (C=O) groups excluding carboxylic acids is 1. The minimum atomic E-state index is -2.12. The monoisotopic (exact) mass is 392 g/mol. The lowest BCUT2D eigenvalue weighted by Gasteiger charge is -2.39. The van der Waals surface area contributed by atoms with Crippen molar-refractivity contribution in [1.29, 1.82) is 0 Å². The van der Waals surface area contributed by atoms with Crippen molar-refractivity contribution in [2.24, 2.45) is 0 Å². The van der Waals surface area contributed by atoms with E-state index in [9.17, 15) is 4.79 Å². The van der Waals surface area contributed by atoms with Gasteiger partial charge in [0.25, 0.3) is 0 Å². The van der Waals surface area contributed by atoms with Crippen molar-refractivity contribution in [1.82, 2.24) is 0 Å². The minimum Gasteiger partial charge on any atom is -0.402 e. The summed E-state index contributed by atoms with van der Waals surface area (Å²) < 4.78 is 6.42. The second kappa shape index (κ2) is 10.1. The molecule has 146 valence electrons. The van der Waals surface area contributed by atoms with Crippen LogP contribution in [0.25, 0.3) is 0 Å². The van der Waals surface area contributed by atoms with Gasteiger partial charge in [-0.3, -0.25) is 4.79 Å². The first-order chi connectivity index (χ1) is 13.8. The molecule has 3 rings (SSSR count). The van der Waals surface area contributed by atoms with Crippen LogP contribution in [-0.2, 0) is 8.98 Å². The average molecular weight is 393 g/mol. The molecule has 0 heterocycles. The number of benzene rings is 3. The summed E-state index contributed by atoms with van der Waals surface area (Å²) in [6.45, 7) is 2.17. The molecule has 0 unspecified atom stereocenters. The van der Waals surface area contributed by atoms with Crippen molar-refractivity contribution in [2.75, 3.05) is 0 Å². The Hall–Kier alpha value is -2.52. The largest absolute Gasteiger partial charge is 0.402 e. The highest BCUT2D eigenvalue weighted by Gasteiger charge is 2.35. The fourth-order valence-corrected chi connectivity index (χ4v) is 6.35. The molecule has 0 aliphatic carbocycles. The highest BCUT2D eigenvalue weighted by Crippen LogP contribution is 2.69. The molecule has 0 aliphatic rings. The molecule has 28 heavy (non-hydrogen) atoms. The first-order valence-corrected chi connectivity index (χ1v) is 11.5. The smallest absolute Gasteiger partial charge is 0.317 e. The molecule has 0 radical (unpaired) electrons. The summed E-state index contributed by atoms with van der Waals surface area (Å²) >= 11 is 0. The molecule has 3 heteroatoms. The van der Waals surface area contributed by atoms with Crippen LogP contribution >= 0.6 is 10.3 Å². The van der Waals surface area contributed by atoms with E-state index in [4.69, 9.17) is 4.18 Å². The SMILES string of the molecule is CCCCCCC(=O)OS(c1ccccc1)(c1ccccc1)c1ccccc1. The van der Waals surface area contributed by atoms with E-state index in [2.05, 4.69) is 43.3 Å². The second-order valence-electron chi connectivity index (χ2n) is 6.76. The lowest BCUT2D eigenvalue weighted by Crippen LogP contribution is -2.13. The molecule has 3 aromatic carbocycles. The van der Waals surface area contributed by atoms with Crippen LogP contribution in [0.4, 0.5) is 0 Å². The molecule has 3 aromatic rings. The zero-order valence-electron chi connectivity index (χ0n) is 16.4. The second-order valence-corrected chi connectivity index (χ2v) is 9.45. The van der Waals surface area contributed by atoms with Gasteiger partial charge >= 0.3 is 5.97 Å². The maximum Gasteiger partial charge on any atom is 0.317 e. The highest BCUT2D eigenvalue weighted by atomic mass is 32.3. The topological polar surface area (TPSA) is 26.3 Å². The Labute approximate surface area is 170 Å². The van der Waals surface area contributed by atoms with Gasteiger partial charge in [0.2, 0.25) is 0 Å². The van der Waals surface area contributed by atoms with Crippen LogP contribution in [0.1, 0.15) is 39.0 Å². The predicted molar refractivity (Wildman–Crippen MR) is 117 cm³/mol. The maximum atomic E-state index is 12.9. The first-order valence-electron chi connectivity index (χ1n) is 9.98. The van der Waals surface area contributed by atoms with Crippen molar-refractivity contribution in [2.45, 2.75) is 53.7 Å². The zero-order valence-corrected chi connectivity index (χ0v) is 17.2. The van der Waals surface area contributed by atoms with E-state index in [-0.39, 0.29) is 5.97 Å². The van der Waals surface area contributed by atoms with Crippen molar-refractivity contribution in [3.8, 4) is 0 Å². The van der Waals surface area contributed by atoms with Crippen LogP contribution in [0.2, 0.25) is 0 Å². The van der Waals surface area contributed by atoms with Gasteiger partial charge in [0.15, 0.2) is 0 Å². The van der Waals surface area contributed by atoms with Gasteiger partial charge in [-0.2, -0.15) is 0 Å². The van der Waals surface area contributed by atoms with Crippen LogP contribution in [0.15, 0.2) is 106 Å².